The van der Waals surface area contributed by atoms with E-state index >= 15 is 0 Å². The normalized spacial score (nSPS) is 14.1. The molecule has 0 aliphatic heterocycles. The van der Waals surface area contributed by atoms with Gasteiger partial charge in [-0.2, -0.15) is 0 Å². The number of hydrogen-bond acceptors (Lipinski definition) is 3. The molecule has 1 aromatic carbocycles. The maximum atomic E-state index is 9.53. The van der Waals surface area contributed by atoms with Crippen molar-refractivity contribution in [2.45, 2.75) is 19.0 Å². The standard InChI is InChI=1S/C15H17ClN2O/c1-11(13-8-5-9-17-15(13)16)18-14(10-19)12-6-3-2-4-7-12/h2-9,11,14,18-19H,10H2,1H3/t11?,14-/m1/s1. The van der Waals surface area contributed by atoms with Crippen LogP contribution in [-0.2, 0) is 0 Å². The Kier molecular flexibility index (Phi) is 4.91. The molecule has 0 radical (unpaired) electrons. The molecule has 0 aliphatic carbocycles. The second-order valence-electron chi connectivity index (χ2n) is 4.42. The van der Waals surface area contributed by atoms with E-state index in [1.165, 1.54) is 0 Å². The molecule has 4 heteroatoms. The van der Waals surface area contributed by atoms with Crippen LogP contribution in [0.1, 0.15) is 30.1 Å². The van der Waals surface area contributed by atoms with Crippen molar-refractivity contribution >= 4 is 11.6 Å². The Labute approximate surface area is 118 Å². The summed E-state index contributed by atoms with van der Waals surface area (Å²) in [6.07, 6.45) is 1.67. The highest BCUT2D eigenvalue weighted by Crippen LogP contribution is 2.23. The highest BCUT2D eigenvalue weighted by Gasteiger charge is 2.16. The molecule has 2 aromatic rings. The first kappa shape index (κ1) is 14.0. The van der Waals surface area contributed by atoms with Gasteiger partial charge in [-0.25, -0.2) is 4.98 Å². The topological polar surface area (TPSA) is 45.1 Å². The van der Waals surface area contributed by atoms with Crippen LogP contribution in [0.5, 0.6) is 0 Å². The zero-order valence-corrected chi connectivity index (χ0v) is 11.5. The summed E-state index contributed by atoms with van der Waals surface area (Å²) >= 11 is 6.08. The van der Waals surface area contributed by atoms with Gasteiger partial charge < -0.3 is 10.4 Å². The third-order valence-electron chi connectivity index (χ3n) is 3.09. The largest absolute Gasteiger partial charge is 0.394 e. The molecule has 1 heterocycles. The fourth-order valence-electron chi connectivity index (χ4n) is 2.05. The van der Waals surface area contributed by atoms with Crippen LogP contribution in [0.2, 0.25) is 5.15 Å². The van der Waals surface area contributed by atoms with Gasteiger partial charge in [0.05, 0.1) is 12.6 Å². The number of rotatable bonds is 5. The smallest absolute Gasteiger partial charge is 0.133 e. The predicted molar refractivity (Wildman–Crippen MR) is 77.1 cm³/mol. The lowest BCUT2D eigenvalue weighted by Crippen LogP contribution is -2.27. The molecule has 2 atom stereocenters. The average Bonchev–Trinajstić information content (AvgIpc) is 2.46. The summed E-state index contributed by atoms with van der Waals surface area (Å²) in [6.45, 7) is 2.04. The third kappa shape index (κ3) is 3.53. The van der Waals surface area contributed by atoms with Gasteiger partial charge in [-0.3, -0.25) is 0 Å². The van der Waals surface area contributed by atoms with Crippen molar-refractivity contribution in [3.8, 4) is 0 Å². The lowest BCUT2D eigenvalue weighted by Gasteiger charge is -2.22. The number of benzene rings is 1. The van der Waals surface area contributed by atoms with Crippen LogP contribution in [-0.4, -0.2) is 16.7 Å². The van der Waals surface area contributed by atoms with Crippen molar-refractivity contribution in [2.24, 2.45) is 0 Å². The second-order valence-corrected chi connectivity index (χ2v) is 4.78. The van der Waals surface area contributed by atoms with Gasteiger partial charge in [-0.15, -0.1) is 0 Å². The molecule has 0 aliphatic rings. The molecule has 1 unspecified atom stereocenters. The monoisotopic (exact) mass is 276 g/mol. The number of aliphatic hydroxyl groups is 1. The molecule has 0 saturated carbocycles. The summed E-state index contributed by atoms with van der Waals surface area (Å²) in [7, 11) is 0. The van der Waals surface area contributed by atoms with E-state index in [9.17, 15) is 5.11 Å². The van der Waals surface area contributed by atoms with E-state index in [0.29, 0.717) is 5.15 Å². The molecule has 2 N–H and O–H groups in total. The summed E-state index contributed by atoms with van der Waals surface area (Å²) in [5, 5.41) is 13.4. The first-order chi connectivity index (χ1) is 9.22. The molecular formula is C15H17ClN2O. The van der Waals surface area contributed by atoms with E-state index < -0.39 is 0 Å². The molecule has 0 amide bonds. The van der Waals surface area contributed by atoms with Crippen LogP contribution in [0.3, 0.4) is 0 Å². The van der Waals surface area contributed by atoms with Crippen LogP contribution in [0.25, 0.3) is 0 Å². The first-order valence-electron chi connectivity index (χ1n) is 6.24. The lowest BCUT2D eigenvalue weighted by atomic mass is 10.0. The van der Waals surface area contributed by atoms with Crippen molar-refractivity contribution in [1.29, 1.82) is 0 Å². The van der Waals surface area contributed by atoms with Gasteiger partial charge in [-0.05, 0) is 18.6 Å². The van der Waals surface area contributed by atoms with E-state index in [-0.39, 0.29) is 18.7 Å². The van der Waals surface area contributed by atoms with Crippen LogP contribution in [0.4, 0.5) is 0 Å². The summed E-state index contributed by atoms with van der Waals surface area (Å²) < 4.78 is 0. The van der Waals surface area contributed by atoms with Crippen molar-refractivity contribution in [2.75, 3.05) is 6.61 Å². The molecule has 19 heavy (non-hydrogen) atoms. The van der Waals surface area contributed by atoms with Gasteiger partial charge in [0.25, 0.3) is 0 Å². The summed E-state index contributed by atoms with van der Waals surface area (Å²) in [6, 6.07) is 13.5. The first-order valence-corrected chi connectivity index (χ1v) is 6.62. The van der Waals surface area contributed by atoms with Crippen LogP contribution < -0.4 is 5.32 Å². The fourth-order valence-corrected chi connectivity index (χ4v) is 2.34. The molecule has 0 bridgehead atoms. The predicted octanol–water partition coefficient (Wildman–Crippen LogP) is 3.12. The molecule has 1 aromatic heterocycles. The summed E-state index contributed by atoms with van der Waals surface area (Å²) in [4.78, 5) is 4.07. The van der Waals surface area contributed by atoms with Gasteiger partial charge >= 0.3 is 0 Å². The second kappa shape index (κ2) is 6.66. The lowest BCUT2D eigenvalue weighted by molar-refractivity contribution is 0.235. The molecule has 0 saturated heterocycles. The van der Waals surface area contributed by atoms with Crippen molar-refractivity contribution in [3.63, 3.8) is 0 Å². The molecule has 2 rings (SSSR count). The van der Waals surface area contributed by atoms with Crippen LogP contribution in [0, 0.1) is 0 Å². The minimum atomic E-state index is -0.118. The Balaban J connectivity index is 2.13. The summed E-state index contributed by atoms with van der Waals surface area (Å²) in [5.41, 5.74) is 1.98. The minimum Gasteiger partial charge on any atom is -0.394 e. The van der Waals surface area contributed by atoms with Crippen LogP contribution in [0.15, 0.2) is 48.7 Å². The summed E-state index contributed by atoms with van der Waals surface area (Å²) in [5.74, 6) is 0. The fraction of sp³-hybridized carbons (Fsp3) is 0.267. The molecule has 100 valence electrons. The van der Waals surface area contributed by atoms with Gasteiger partial charge in [-0.1, -0.05) is 48.0 Å². The van der Waals surface area contributed by atoms with Gasteiger partial charge in [0, 0.05) is 17.8 Å². The van der Waals surface area contributed by atoms with E-state index in [1.807, 2.05) is 49.4 Å². The molecule has 0 spiro atoms. The highest BCUT2D eigenvalue weighted by molar-refractivity contribution is 6.30. The van der Waals surface area contributed by atoms with Gasteiger partial charge in [0.15, 0.2) is 0 Å². The van der Waals surface area contributed by atoms with E-state index in [0.717, 1.165) is 11.1 Å². The number of nitrogens with zero attached hydrogens (tertiary/aromatic N) is 1. The number of nitrogens with one attached hydrogen (secondary N) is 1. The average molecular weight is 277 g/mol. The Hall–Kier alpha value is -1.42. The molecular weight excluding hydrogens is 260 g/mol. The number of halogens is 1. The Morgan fingerprint density at radius 2 is 1.95 bits per heavy atom. The number of hydrogen-bond donors (Lipinski definition) is 2. The zero-order chi connectivity index (χ0) is 13.7. The molecule has 0 fully saturated rings. The maximum absolute atomic E-state index is 9.53. The van der Waals surface area contributed by atoms with Gasteiger partial charge in [0.1, 0.15) is 5.15 Å². The van der Waals surface area contributed by atoms with Crippen molar-refractivity contribution < 1.29 is 5.11 Å². The number of aromatic nitrogens is 1. The van der Waals surface area contributed by atoms with Gasteiger partial charge in [0.2, 0.25) is 0 Å². The quantitative estimate of drug-likeness (QED) is 0.825. The van der Waals surface area contributed by atoms with Crippen molar-refractivity contribution in [1.82, 2.24) is 10.3 Å². The Morgan fingerprint density at radius 1 is 1.21 bits per heavy atom. The highest BCUT2D eigenvalue weighted by atomic mass is 35.5. The molecule has 3 nitrogen and oxygen atoms in total. The van der Waals surface area contributed by atoms with Crippen LogP contribution >= 0.6 is 11.6 Å². The van der Waals surface area contributed by atoms with E-state index in [4.69, 9.17) is 11.6 Å². The Morgan fingerprint density at radius 3 is 2.58 bits per heavy atom. The zero-order valence-electron chi connectivity index (χ0n) is 10.8. The Bertz CT molecular complexity index is 519. The third-order valence-corrected chi connectivity index (χ3v) is 3.41. The number of pyridine rings is 1. The van der Waals surface area contributed by atoms with Crippen molar-refractivity contribution in [3.05, 3.63) is 64.9 Å². The van der Waals surface area contributed by atoms with E-state index in [1.54, 1.807) is 6.20 Å². The SMILES string of the molecule is CC(N[C@H](CO)c1ccccc1)c1cccnc1Cl. The van der Waals surface area contributed by atoms with E-state index in [2.05, 4.69) is 10.3 Å². The maximum Gasteiger partial charge on any atom is 0.133 e. The minimum absolute atomic E-state index is 0.0126. The number of aliphatic hydroxyl groups excluding tert-OH is 1.